The van der Waals surface area contributed by atoms with Crippen molar-refractivity contribution in [2.75, 3.05) is 5.01 Å². The van der Waals surface area contributed by atoms with Crippen LogP contribution in [0.5, 0.6) is 0 Å². The molecule has 4 heteroatoms. The molecule has 0 radical (unpaired) electrons. The van der Waals surface area contributed by atoms with Crippen LogP contribution in [0.25, 0.3) is 0 Å². The fourth-order valence-electron chi connectivity index (χ4n) is 3.15. The molecular formula is C21H16Cl2N2. The van der Waals surface area contributed by atoms with Crippen LogP contribution in [-0.2, 0) is 0 Å². The molecule has 1 aliphatic heterocycles. The Hall–Kier alpha value is -2.29. The predicted molar refractivity (Wildman–Crippen MR) is 106 cm³/mol. The standard InChI is InChI=1S/C21H16Cl2N2/c22-16-11-12-18(19(23)13-16)21-14-20(15-7-3-1-4-8-15)24-25(21)17-9-5-2-6-10-17/h1-13,21H,14H2. The van der Waals surface area contributed by atoms with E-state index < -0.39 is 0 Å². The van der Waals surface area contributed by atoms with Crippen molar-refractivity contribution < 1.29 is 0 Å². The van der Waals surface area contributed by atoms with Crippen LogP contribution in [0.4, 0.5) is 5.69 Å². The van der Waals surface area contributed by atoms with Gasteiger partial charge in [-0.1, -0.05) is 77.8 Å². The molecule has 25 heavy (non-hydrogen) atoms. The van der Waals surface area contributed by atoms with Crippen molar-refractivity contribution in [3.63, 3.8) is 0 Å². The highest BCUT2D eigenvalue weighted by Crippen LogP contribution is 2.39. The molecular weight excluding hydrogens is 351 g/mol. The lowest BCUT2D eigenvalue weighted by atomic mass is 9.98. The summed E-state index contributed by atoms with van der Waals surface area (Å²) >= 11 is 12.6. The third-order valence-corrected chi connectivity index (χ3v) is 4.92. The Labute approximate surface area is 157 Å². The van der Waals surface area contributed by atoms with E-state index >= 15 is 0 Å². The first-order valence-electron chi connectivity index (χ1n) is 8.14. The van der Waals surface area contributed by atoms with Crippen LogP contribution >= 0.6 is 23.2 Å². The van der Waals surface area contributed by atoms with Gasteiger partial charge in [0.2, 0.25) is 0 Å². The van der Waals surface area contributed by atoms with Crippen LogP contribution < -0.4 is 5.01 Å². The lowest BCUT2D eigenvalue weighted by molar-refractivity contribution is 0.709. The maximum Gasteiger partial charge on any atom is 0.0846 e. The summed E-state index contributed by atoms with van der Waals surface area (Å²) in [5.41, 5.74) is 4.27. The smallest absolute Gasteiger partial charge is 0.0846 e. The number of halogens is 2. The number of hydrazone groups is 1. The van der Waals surface area contributed by atoms with Crippen LogP contribution in [0.2, 0.25) is 10.0 Å². The first kappa shape index (κ1) is 16.2. The van der Waals surface area contributed by atoms with Crippen LogP contribution in [0.3, 0.4) is 0 Å². The topological polar surface area (TPSA) is 15.6 Å². The van der Waals surface area contributed by atoms with Gasteiger partial charge >= 0.3 is 0 Å². The van der Waals surface area contributed by atoms with Gasteiger partial charge in [-0.2, -0.15) is 5.10 Å². The second-order valence-corrected chi connectivity index (χ2v) is 6.82. The summed E-state index contributed by atoms with van der Waals surface area (Å²) in [5.74, 6) is 0. The van der Waals surface area contributed by atoms with Crippen LogP contribution in [0.15, 0.2) is 84.0 Å². The molecule has 0 spiro atoms. The minimum absolute atomic E-state index is 0.0439. The Morgan fingerprint density at radius 2 is 1.52 bits per heavy atom. The second kappa shape index (κ2) is 6.91. The van der Waals surface area contributed by atoms with E-state index in [-0.39, 0.29) is 6.04 Å². The number of rotatable bonds is 3. The van der Waals surface area contributed by atoms with Crippen molar-refractivity contribution in [1.29, 1.82) is 0 Å². The van der Waals surface area contributed by atoms with Crippen molar-refractivity contribution in [3.8, 4) is 0 Å². The Bertz CT molecular complexity index is 908. The summed E-state index contributed by atoms with van der Waals surface area (Å²) in [4.78, 5) is 0. The molecule has 0 fully saturated rings. The van der Waals surface area contributed by atoms with Gasteiger partial charge in [0.1, 0.15) is 0 Å². The Morgan fingerprint density at radius 1 is 0.840 bits per heavy atom. The summed E-state index contributed by atoms with van der Waals surface area (Å²) in [7, 11) is 0. The molecule has 124 valence electrons. The molecule has 1 heterocycles. The number of nitrogens with zero attached hydrogens (tertiary/aromatic N) is 2. The molecule has 4 rings (SSSR count). The van der Waals surface area contributed by atoms with Crippen molar-refractivity contribution >= 4 is 34.6 Å². The van der Waals surface area contributed by atoms with E-state index in [9.17, 15) is 0 Å². The van der Waals surface area contributed by atoms with Crippen LogP contribution in [0, 0.1) is 0 Å². The van der Waals surface area contributed by atoms with Crippen molar-refractivity contribution in [1.82, 2.24) is 0 Å². The fraction of sp³-hybridized carbons (Fsp3) is 0.0952. The van der Waals surface area contributed by atoms with E-state index in [1.54, 1.807) is 6.07 Å². The normalized spacial score (nSPS) is 16.8. The van der Waals surface area contributed by atoms with E-state index in [1.165, 1.54) is 0 Å². The van der Waals surface area contributed by atoms with E-state index in [0.29, 0.717) is 10.0 Å². The van der Waals surface area contributed by atoms with Crippen LogP contribution in [-0.4, -0.2) is 5.71 Å². The van der Waals surface area contributed by atoms with E-state index in [4.69, 9.17) is 28.3 Å². The van der Waals surface area contributed by atoms with Crippen molar-refractivity contribution in [3.05, 3.63) is 100 Å². The molecule has 0 aromatic heterocycles. The number of benzene rings is 3. The summed E-state index contributed by atoms with van der Waals surface area (Å²) < 4.78 is 0. The van der Waals surface area contributed by atoms with E-state index in [0.717, 1.165) is 28.9 Å². The first-order valence-corrected chi connectivity index (χ1v) is 8.90. The van der Waals surface area contributed by atoms with Gasteiger partial charge in [0, 0.05) is 16.5 Å². The van der Waals surface area contributed by atoms with Crippen molar-refractivity contribution in [2.24, 2.45) is 5.10 Å². The quantitative estimate of drug-likeness (QED) is 0.527. The summed E-state index contributed by atoms with van der Waals surface area (Å²) in [6.45, 7) is 0. The molecule has 1 unspecified atom stereocenters. The summed E-state index contributed by atoms with van der Waals surface area (Å²) in [6.07, 6.45) is 0.792. The van der Waals surface area contributed by atoms with Gasteiger partial charge in [0.05, 0.1) is 17.4 Å². The average Bonchev–Trinajstić information content (AvgIpc) is 3.08. The van der Waals surface area contributed by atoms with Gasteiger partial charge < -0.3 is 0 Å². The summed E-state index contributed by atoms with van der Waals surface area (Å²) in [5, 5.41) is 8.27. The van der Waals surface area contributed by atoms with E-state index in [1.807, 2.05) is 48.5 Å². The number of hydrogen-bond acceptors (Lipinski definition) is 2. The largest absolute Gasteiger partial charge is 0.257 e. The van der Waals surface area contributed by atoms with Crippen LogP contribution in [0.1, 0.15) is 23.6 Å². The highest BCUT2D eigenvalue weighted by atomic mass is 35.5. The zero-order valence-electron chi connectivity index (χ0n) is 13.4. The summed E-state index contributed by atoms with van der Waals surface area (Å²) in [6, 6.07) is 26.2. The predicted octanol–water partition coefficient (Wildman–Crippen LogP) is 6.35. The molecule has 1 aliphatic rings. The monoisotopic (exact) mass is 366 g/mol. The second-order valence-electron chi connectivity index (χ2n) is 5.98. The number of anilines is 1. The van der Waals surface area contributed by atoms with Gasteiger partial charge in [-0.25, -0.2) is 0 Å². The molecule has 3 aromatic carbocycles. The Kier molecular flexibility index (Phi) is 4.48. The minimum Gasteiger partial charge on any atom is -0.257 e. The third kappa shape index (κ3) is 3.28. The Morgan fingerprint density at radius 3 is 2.20 bits per heavy atom. The first-order chi connectivity index (χ1) is 12.2. The molecule has 0 amide bonds. The molecule has 3 aromatic rings. The SMILES string of the molecule is Clc1ccc(C2CC(c3ccccc3)=NN2c2ccccc2)c(Cl)c1. The maximum absolute atomic E-state index is 6.49. The molecule has 0 saturated heterocycles. The van der Waals surface area contributed by atoms with Gasteiger partial charge in [-0.3, -0.25) is 5.01 Å². The van der Waals surface area contributed by atoms with Gasteiger partial charge in [-0.15, -0.1) is 0 Å². The minimum atomic E-state index is 0.0439. The lowest BCUT2D eigenvalue weighted by Crippen LogP contribution is -2.18. The highest BCUT2D eigenvalue weighted by molar-refractivity contribution is 6.35. The molecule has 0 aliphatic carbocycles. The molecule has 0 N–H and O–H groups in total. The number of para-hydroxylation sites is 1. The number of hydrogen-bond donors (Lipinski definition) is 0. The van der Waals surface area contributed by atoms with Crippen molar-refractivity contribution in [2.45, 2.75) is 12.5 Å². The Balaban J connectivity index is 1.78. The molecule has 0 saturated carbocycles. The molecule has 1 atom stereocenters. The lowest BCUT2D eigenvalue weighted by Gasteiger charge is -2.24. The third-order valence-electron chi connectivity index (χ3n) is 4.36. The average molecular weight is 367 g/mol. The van der Waals surface area contributed by atoms with Gasteiger partial charge in [0.15, 0.2) is 0 Å². The van der Waals surface area contributed by atoms with Gasteiger partial charge in [0.25, 0.3) is 0 Å². The highest BCUT2D eigenvalue weighted by Gasteiger charge is 2.31. The maximum atomic E-state index is 6.49. The molecule has 2 nitrogen and oxygen atoms in total. The van der Waals surface area contributed by atoms with E-state index in [2.05, 4.69) is 29.3 Å². The molecule has 0 bridgehead atoms. The zero-order chi connectivity index (χ0) is 17.2. The van der Waals surface area contributed by atoms with Gasteiger partial charge in [-0.05, 0) is 35.4 Å². The zero-order valence-corrected chi connectivity index (χ0v) is 15.0. The fourth-order valence-corrected chi connectivity index (χ4v) is 3.68.